The Kier molecular flexibility index (Phi) is 35.2. The molecule has 0 spiro atoms. The van der Waals surface area contributed by atoms with E-state index in [4.69, 9.17) is 26.5 Å². The van der Waals surface area contributed by atoms with Gasteiger partial charge in [0.1, 0.15) is 6.04 Å². The highest BCUT2D eigenvalue weighted by Gasteiger charge is 2.09. The van der Waals surface area contributed by atoms with Gasteiger partial charge in [-0.3, -0.25) is 9.59 Å². The minimum Gasteiger partial charge on any atom is -0.481 e. The van der Waals surface area contributed by atoms with E-state index in [0.29, 0.717) is 13.0 Å². The average Bonchev–Trinajstić information content (AvgIpc) is 2.03. The molecule has 0 bridgehead atoms. The molecule has 0 radical (unpaired) electrons. The molecule has 0 aliphatic heterocycles. The summed E-state index contributed by atoms with van der Waals surface area (Å²) >= 11 is 0. The first-order valence-corrected chi connectivity index (χ1v) is 4.29. The highest BCUT2D eigenvalue weighted by Crippen LogP contribution is 1.96. The highest BCUT2D eigenvalue weighted by atomic mass is 16.4. The van der Waals surface area contributed by atoms with E-state index in [0.717, 1.165) is 19.8 Å². The summed E-state index contributed by atoms with van der Waals surface area (Å²) in [7, 11) is 0. The van der Waals surface area contributed by atoms with Crippen LogP contribution in [0.25, 0.3) is 0 Å². The third kappa shape index (κ3) is 39.9. The zero-order valence-corrected chi connectivity index (χ0v) is 9.77. The minimum absolute atomic E-state index is 0. The van der Waals surface area contributed by atoms with Crippen molar-refractivity contribution in [2.24, 2.45) is 11.5 Å². The lowest BCUT2D eigenvalue weighted by Gasteiger charge is -2.03. The van der Waals surface area contributed by atoms with Crippen LogP contribution in [0.1, 0.15) is 26.2 Å². The van der Waals surface area contributed by atoms with Crippen LogP contribution in [0.4, 0.5) is 0 Å². The van der Waals surface area contributed by atoms with Gasteiger partial charge in [0.25, 0.3) is 5.97 Å². The molecule has 0 aromatic carbocycles. The number of carbonyl (C=O) groups is 2. The van der Waals surface area contributed by atoms with Crippen molar-refractivity contribution in [3.63, 3.8) is 0 Å². The molecule has 0 heterocycles. The van der Waals surface area contributed by atoms with Gasteiger partial charge in [-0.05, 0) is 19.4 Å². The highest BCUT2D eigenvalue weighted by molar-refractivity contribution is 5.72. The maximum Gasteiger partial charge on any atom is 0.320 e. The van der Waals surface area contributed by atoms with Crippen LogP contribution >= 0.6 is 0 Å². The quantitative estimate of drug-likeness (QED) is 0.380. The van der Waals surface area contributed by atoms with Crippen LogP contribution < -0.4 is 11.5 Å². The zero-order chi connectivity index (χ0) is 11.6. The van der Waals surface area contributed by atoms with E-state index in [1.54, 1.807) is 0 Å². The van der Waals surface area contributed by atoms with Crippen molar-refractivity contribution in [3.8, 4) is 0 Å². The Labute approximate surface area is 99.3 Å². The molecule has 0 aliphatic rings. The smallest absolute Gasteiger partial charge is 0.320 e. The van der Waals surface area contributed by atoms with Gasteiger partial charge >= 0.3 is 5.97 Å². The molecule has 0 rings (SSSR count). The first kappa shape index (κ1) is 29.6. The van der Waals surface area contributed by atoms with Crippen LogP contribution in [0.15, 0.2) is 0 Å². The molecule has 9 nitrogen and oxygen atoms in total. The Morgan fingerprint density at radius 2 is 1.47 bits per heavy atom. The number of nitrogens with two attached hydrogens (primary N) is 2. The molecular formula is C8H24N2O7. The molecule has 0 saturated carbocycles. The Hall–Kier alpha value is -1.26. The van der Waals surface area contributed by atoms with Gasteiger partial charge in [-0.2, -0.15) is 0 Å². The maximum atomic E-state index is 10.1. The molecule has 9 heteroatoms. The summed E-state index contributed by atoms with van der Waals surface area (Å²) in [6.45, 7) is 1.69. The normalized spacial score (nSPS) is 9.12. The van der Waals surface area contributed by atoms with Crippen molar-refractivity contribution >= 4 is 11.9 Å². The fraction of sp³-hybridized carbons (Fsp3) is 0.750. The molecule has 1 unspecified atom stereocenters. The van der Waals surface area contributed by atoms with Gasteiger partial charge in [-0.15, -0.1) is 0 Å². The number of rotatable bonds is 5. The summed E-state index contributed by atoms with van der Waals surface area (Å²) in [5.74, 6) is -1.77. The summed E-state index contributed by atoms with van der Waals surface area (Å²) < 4.78 is 0. The molecule has 0 aromatic heterocycles. The second-order valence-corrected chi connectivity index (χ2v) is 2.75. The lowest BCUT2D eigenvalue weighted by atomic mass is 10.1. The lowest BCUT2D eigenvalue weighted by Crippen LogP contribution is -2.29. The molecule has 17 heavy (non-hydrogen) atoms. The zero-order valence-electron chi connectivity index (χ0n) is 9.77. The Morgan fingerprint density at radius 1 is 1.12 bits per heavy atom. The molecule has 0 amide bonds. The van der Waals surface area contributed by atoms with E-state index >= 15 is 0 Å². The van der Waals surface area contributed by atoms with Gasteiger partial charge in [0.2, 0.25) is 0 Å². The summed E-state index contributed by atoms with van der Waals surface area (Å²) in [6.07, 6.45) is 2.16. The lowest BCUT2D eigenvalue weighted by molar-refractivity contribution is -0.138. The first-order chi connectivity index (χ1) is 6.41. The topological polar surface area (TPSA) is 221 Å². The van der Waals surface area contributed by atoms with Gasteiger partial charge in [-0.25, -0.2) is 0 Å². The summed E-state index contributed by atoms with van der Waals surface area (Å²) in [5, 5.41) is 15.7. The molecule has 12 N–H and O–H groups in total. The number of hydrogen-bond acceptors (Lipinski definition) is 4. The van der Waals surface area contributed by atoms with Gasteiger partial charge in [0, 0.05) is 6.92 Å². The standard InChI is InChI=1S/C6H14N2O2.C2H4O2.3H2O/c7-4-2-1-3-5(8)6(9)10;1-2(3)4;;;/h5H,1-4,7-8H2,(H,9,10);1H3,(H,3,4);3*1H2. The fourth-order valence-electron chi connectivity index (χ4n) is 0.632. The van der Waals surface area contributed by atoms with Crippen molar-refractivity contribution < 1.29 is 36.2 Å². The largest absolute Gasteiger partial charge is 0.481 e. The van der Waals surface area contributed by atoms with E-state index in [-0.39, 0.29) is 16.4 Å². The SMILES string of the molecule is CC(=O)O.NCCCCC(N)C(=O)O.O.O.O. The van der Waals surface area contributed by atoms with Crippen molar-refractivity contribution in [2.45, 2.75) is 32.2 Å². The van der Waals surface area contributed by atoms with Gasteiger partial charge in [-0.1, -0.05) is 6.42 Å². The summed E-state index contributed by atoms with van der Waals surface area (Å²) in [4.78, 5) is 19.1. The monoisotopic (exact) mass is 260 g/mol. The average molecular weight is 260 g/mol. The van der Waals surface area contributed by atoms with Crippen LogP contribution in [0, 0.1) is 0 Å². The molecule has 0 aromatic rings. The second kappa shape index (κ2) is 20.2. The predicted molar refractivity (Wildman–Crippen MR) is 62.7 cm³/mol. The number of hydrogen-bond donors (Lipinski definition) is 4. The van der Waals surface area contributed by atoms with Crippen molar-refractivity contribution in [2.75, 3.05) is 6.54 Å². The fourth-order valence-corrected chi connectivity index (χ4v) is 0.632. The number of unbranched alkanes of at least 4 members (excludes halogenated alkanes) is 1. The van der Waals surface area contributed by atoms with Crippen LogP contribution in [0.5, 0.6) is 0 Å². The van der Waals surface area contributed by atoms with Gasteiger partial charge in [0.15, 0.2) is 0 Å². The molecule has 108 valence electrons. The second-order valence-electron chi connectivity index (χ2n) is 2.75. The Morgan fingerprint density at radius 3 is 1.71 bits per heavy atom. The van der Waals surface area contributed by atoms with E-state index < -0.39 is 18.0 Å². The van der Waals surface area contributed by atoms with Gasteiger partial charge < -0.3 is 38.1 Å². The Balaban J connectivity index is -0.0000000607. The number of carboxylic acids is 2. The molecule has 1 atom stereocenters. The summed E-state index contributed by atoms with van der Waals surface area (Å²) in [5.41, 5.74) is 10.4. The maximum absolute atomic E-state index is 10.1. The Bertz CT molecular complexity index is 173. The molecule has 0 fully saturated rings. The number of carboxylic acid groups (broad SMARTS) is 2. The minimum atomic E-state index is -0.933. The van der Waals surface area contributed by atoms with Crippen LogP contribution in [0.3, 0.4) is 0 Å². The molecule has 0 aliphatic carbocycles. The molecular weight excluding hydrogens is 236 g/mol. The molecule has 0 saturated heterocycles. The van der Waals surface area contributed by atoms with E-state index in [9.17, 15) is 4.79 Å². The first-order valence-electron chi connectivity index (χ1n) is 4.29. The third-order valence-electron chi connectivity index (χ3n) is 1.29. The van der Waals surface area contributed by atoms with Crippen molar-refractivity contribution in [3.05, 3.63) is 0 Å². The third-order valence-corrected chi connectivity index (χ3v) is 1.29. The van der Waals surface area contributed by atoms with E-state index in [1.807, 2.05) is 0 Å². The summed E-state index contributed by atoms with van der Waals surface area (Å²) in [6, 6.07) is -0.716. The van der Waals surface area contributed by atoms with Crippen LogP contribution in [-0.4, -0.2) is 51.2 Å². The van der Waals surface area contributed by atoms with Crippen LogP contribution in [-0.2, 0) is 9.59 Å². The van der Waals surface area contributed by atoms with Crippen molar-refractivity contribution in [1.82, 2.24) is 0 Å². The van der Waals surface area contributed by atoms with E-state index in [1.165, 1.54) is 0 Å². The van der Waals surface area contributed by atoms with E-state index in [2.05, 4.69) is 0 Å². The van der Waals surface area contributed by atoms with Crippen molar-refractivity contribution in [1.29, 1.82) is 0 Å². The predicted octanol–water partition coefficient (Wildman–Crippen LogP) is -2.86. The van der Waals surface area contributed by atoms with Gasteiger partial charge in [0.05, 0.1) is 0 Å². The van der Waals surface area contributed by atoms with Crippen LogP contribution in [0.2, 0.25) is 0 Å². The number of aliphatic carboxylic acids is 2.